The molecule has 6 heteroatoms. The summed E-state index contributed by atoms with van der Waals surface area (Å²) in [7, 11) is 1.71. The van der Waals surface area contributed by atoms with Crippen LogP contribution in [0.25, 0.3) is 0 Å². The predicted octanol–water partition coefficient (Wildman–Crippen LogP) is 2.86. The number of amides is 2. The van der Waals surface area contributed by atoms with Gasteiger partial charge < -0.3 is 10.2 Å². The van der Waals surface area contributed by atoms with Crippen LogP contribution in [0, 0.1) is 0 Å². The van der Waals surface area contributed by atoms with E-state index in [1.54, 1.807) is 35.2 Å². The highest BCUT2D eigenvalue weighted by atomic mass is 32.2. The van der Waals surface area contributed by atoms with Gasteiger partial charge in [-0.3, -0.25) is 9.59 Å². The Bertz CT molecular complexity index is 626. The van der Waals surface area contributed by atoms with Crippen molar-refractivity contribution in [3.63, 3.8) is 0 Å². The maximum atomic E-state index is 12.1. The van der Waals surface area contributed by atoms with Gasteiger partial charge in [-0.15, -0.1) is 11.8 Å². The standard InChI is InChI=1S/C15H16N2O2S2/c1-17(12-4-3-5-13(8-12)20-2)14(18)9-16-15(19)11-6-7-21-10-11/h3-8,10H,9H2,1-2H3,(H,16,19). The first-order valence-corrected chi connectivity index (χ1v) is 8.49. The van der Waals surface area contributed by atoms with E-state index in [-0.39, 0.29) is 18.4 Å². The number of thiophene rings is 1. The zero-order chi connectivity index (χ0) is 15.2. The Hall–Kier alpha value is -1.79. The molecule has 2 aromatic rings. The maximum absolute atomic E-state index is 12.1. The number of anilines is 1. The van der Waals surface area contributed by atoms with Crippen molar-refractivity contribution < 1.29 is 9.59 Å². The molecule has 0 atom stereocenters. The Morgan fingerprint density at radius 2 is 2.14 bits per heavy atom. The largest absolute Gasteiger partial charge is 0.343 e. The highest BCUT2D eigenvalue weighted by Gasteiger charge is 2.13. The van der Waals surface area contributed by atoms with E-state index in [1.165, 1.54) is 11.3 Å². The number of carbonyl (C=O) groups is 2. The van der Waals surface area contributed by atoms with Gasteiger partial charge in [0.2, 0.25) is 5.91 Å². The maximum Gasteiger partial charge on any atom is 0.252 e. The van der Waals surface area contributed by atoms with Crippen LogP contribution in [0.3, 0.4) is 0 Å². The van der Waals surface area contributed by atoms with Gasteiger partial charge in [-0.1, -0.05) is 6.07 Å². The Morgan fingerprint density at radius 3 is 2.81 bits per heavy atom. The van der Waals surface area contributed by atoms with Crippen molar-refractivity contribution >= 4 is 40.6 Å². The summed E-state index contributed by atoms with van der Waals surface area (Å²) in [5.74, 6) is -0.382. The summed E-state index contributed by atoms with van der Waals surface area (Å²) in [6, 6.07) is 9.46. The van der Waals surface area contributed by atoms with Crippen molar-refractivity contribution in [2.45, 2.75) is 4.90 Å². The lowest BCUT2D eigenvalue weighted by Crippen LogP contribution is -2.38. The number of hydrogen-bond donors (Lipinski definition) is 1. The lowest BCUT2D eigenvalue weighted by molar-refractivity contribution is -0.117. The quantitative estimate of drug-likeness (QED) is 0.862. The summed E-state index contributed by atoms with van der Waals surface area (Å²) in [5.41, 5.74) is 1.40. The summed E-state index contributed by atoms with van der Waals surface area (Å²) in [4.78, 5) is 26.6. The van der Waals surface area contributed by atoms with Crippen molar-refractivity contribution in [2.75, 3.05) is 24.7 Å². The Kier molecular flexibility index (Phi) is 5.41. The molecule has 0 aliphatic carbocycles. The van der Waals surface area contributed by atoms with Crippen LogP contribution >= 0.6 is 23.1 Å². The first kappa shape index (κ1) is 15.6. The molecular weight excluding hydrogens is 304 g/mol. The molecule has 110 valence electrons. The highest BCUT2D eigenvalue weighted by molar-refractivity contribution is 7.98. The molecule has 2 rings (SSSR count). The van der Waals surface area contributed by atoms with Crippen LogP contribution in [0.4, 0.5) is 5.69 Å². The average Bonchev–Trinajstić information content (AvgIpc) is 3.06. The van der Waals surface area contributed by atoms with Gasteiger partial charge in [-0.2, -0.15) is 11.3 Å². The van der Waals surface area contributed by atoms with Gasteiger partial charge in [-0.25, -0.2) is 0 Å². The van der Waals surface area contributed by atoms with Crippen LogP contribution < -0.4 is 10.2 Å². The molecule has 4 nitrogen and oxygen atoms in total. The van der Waals surface area contributed by atoms with Crippen molar-refractivity contribution in [3.8, 4) is 0 Å². The van der Waals surface area contributed by atoms with E-state index in [0.717, 1.165) is 10.6 Å². The van der Waals surface area contributed by atoms with E-state index in [0.29, 0.717) is 5.56 Å². The molecule has 0 saturated heterocycles. The number of thioether (sulfide) groups is 1. The Balaban J connectivity index is 1.94. The summed E-state index contributed by atoms with van der Waals surface area (Å²) < 4.78 is 0. The zero-order valence-electron chi connectivity index (χ0n) is 11.8. The van der Waals surface area contributed by atoms with Crippen molar-refractivity contribution in [1.82, 2.24) is 5.32 Å². The highest BCUT2D eigenvalue weighted by Crippen LogP contribution is 2.21. The smallest absolute Gasteiger partial charge is 0.252 e. The fraction of sp³-hybridized carbons (Fsp3) is 0.200. The third kappa shape index (κ3) is 4.09. The average molecular weight is 320 g/mol. The summed E-state index contributed by atoms with van der Waals surface area (Å²) >= 11 is 3.07. The lowest BCUT2D eigenvalue weighted by atomic mass is 10.3. The van der Waals surface area contributed by atoms with Crippen LogP contribution in [0.15, 0.2) is 46.0 Å². The molecule has 2 amide bonds. The van der Waals surface area contributed by atoms with Gasteiger partial charge in [0, 0.05) is 28.6 Å². The summed E-state index contributed by atoms with van der Waals surface area (Å²) in [5, 5.41) is 6.22. The molecule has 0 unspecified atom stereocenters. The SMILES string of the molecule is CSc1cccc(N(C)C(=O)CNC(=O)c2ccsc2)c1. The van der Waals surface area contributed by atoms with E-state index in [9.17, 15) is 9.59 Å². The van der Waals surface area contributed by atoms with Crippen molar-refractivity contribution in [2.24, 2.45) is 0 Å². The molecule has 1 aromatic heterocycles. The molecule has 1 N–H and O–H groups in total. The molecule has 1 aromatic carbocycles. The Labute approximate surface area is 132 Å². The van der Waals surface area contributed by atoms with Gasteiger partial charge >= 0.3 is 0 Å². The number of rotatable bonds is 5. The van der Waals surface area contributed by atoms with Gasteiger partial charge in [0.15, 0.2) is 0 Å². The van der Waals surface area contributed by atoms with Crippen molar-refractivity contribution in [1.29, 1.82) is 0 Å². The van der Waals surface area contributed by atoms with E-state index in [1.807, 2.05) is 35.9 Å². The fourth-order valence-corrected chi connectivity index (χ4v) is 2.82. The van der Waals surface area contributed by atoms with E-state index < -0.39 is 0 Å². The lowest BCUT2D eigenvalue weighted by Gasteiger charge is -2.18. The molecule has 1 heterocycles. The van der Waals surface area contributed by atoms with Crippen LogP contribution in [0.5, 0.6) is 0 Å². The third-order valence-corrected chi connectivity index (χ3v) is 4.41. The van der Waals surface area contributed by atoms with Gasteiger partial charge in [0.1, 0.15) is 0 Å². The number of benzene rings is 1. The molecule has 0 bridgehead atoms. The predicted molar refractivity (Wildman–Crippen MR) is 88.3 cm³/mol. The van der Waals surface area contributed by atoms with E-state index in [4.69, 9.17) is 0 Å². The van der Waals surface area contributed by atoms with Crippen LogP contribution in [0.1, 0.15) is 10.4 Å². The van der Waals surface area contributed by atoms with E-state index >= 15 is 0 Å². The van der Waals surface area contributed by atoms with Gasteiger partial charge in [-0.05, 0) is 35.9 Å². The second kappa shape index (κ2) is 7.28. The molecule has 0 fully saturated rings. The molecular formula is C15H16N2O2S2. The van der Waals surface area contributed by atoms with Crippen LogP contribution in [-0.2, 0) is 4.79 Å². The first-order valence-electron chi connectivity index (χ1n) is 6.33. The first-order chi connectivity index (χ1) is 10.1. The number of nitrogens with one attached hydrogen (secondary N) is 1. The number of hydrogen-bond acceptors (Lipinski definition) is 4. The van der Waals surface area contributed by atoms with Crippen molar-refractivity contribution in [3.05, 3.63) is 46.7 Å². The molecule has 0 spiro atoms. The molecule has 0 aliphatic heterocycles. The molecule has 0 radical (unpaired) electrons. The van der Waals surface area contributed by atoms with Gasteiger partial charge in [0.05, 0.1) is 6.54 Å². The third-order valence-electron chi connectivity index (χ3n) is 3.00. The topological polar surface area (TPSA) is 49.4 Å². The molecule has 0 aliphatic rings. The summed E-state index contributed by atoms with van der Waals surface area (Å²) in [6.45, 7) is -0.0192. The Morgan fingerprint density at radius 1 is 1.33 bits per heavy atom. The normalized spacial score (nSPS) is 10.2. The van der Waals surface area contributed by atoms with E-state index in [2.05, 4.69) is 5.32 Å². The van der Waals surface area contributed by atoms with Crippen LogP contribution in [-0.4, -0.2) is 31.7 Å². The minimum atomic E-state index is -0.226. The van der Waals surface area contributed by atoms with Crippen LogP contribution in [0.2, 0.25) is 0 Å². The summed E-state index contributed by atoms with van der Waals surface area (Å²) in [6.07, 6.45) is 1.99. The second-order valence-electron chi connectivity index (χ2n) is 4.35. The molecule has 0 saturated carbocycles. The minimum Gasteiger partial charge on any atom is -0.343 e. The molecule has 21 heavy (non-hydrogen) atoms. The van der Waals surface area contributed by atoms with Gasteiger partial charge in [0.25, 0.3) is 5.91 Å². The fourth-order valence-electron chi connectivity index (χ4n) is 1.73. The zero-order valence-corrected chi connectivity index (χ0v) is 13.5. The monoisotopic (exact) mass is 320 g/mol. The number of likely N-dealkylation sites (N-methyl/N-ethyl adjacent to an activating group) is 1. The number of nitrogens with zero attached hydrogens (tertiary/aromatic N) is 1. The number of carbonyl (C=O) groups excluding carboxylic acids is 2. The minimum absolute atomic E-state index is 0.0192. The second-order valence-corrected chi connectivity index (χ2v) is 6.01.